The van der Waals surface area contributed by atoms with E-state index in [1.807, 2.05) is 54.6 Å². The molecule has 4 rings (SSSR count). The molecule has 0 radical (unpaired) electrons. The fraction of sp³-hybridized carbons (Fsp3) is 0.100. The topological polar surface area (TPSA) is 77.5 Å². The first-order valence-electron chi connectivity index (χ1n) is 8.15. The van der Waals surface area contributed by atoms with Gasteiger partial charge in [0.2, 0.25) is 11.6 Å². The van der Waals surface area contributed by atoms with Gasteiger partial charge < -0.3 is 14.3 Å². The number of carbonyl (C=O) groups is 1. The summed E-state index contributed by atoms with van der Waals surface area (Å²) in [5, 5.41) is 14.4. The van der Waals surface area contributed by atoms with Gasteiger partial charge in [-0.05, 0) is 29.8 Å². The van der Waals surface area contributed by atoms with Gasteiger partial charge in [0.25, 0.3) is 0 Å². The Morgan fingerprint density at radius 1 is 1.04 bits per heavy atom. The molecular formula is C20H16N2O4. The Kier molecular flexibility index (Phi) is 4.15. The number of rotatable bonds is 6. The van der Waals surface area contributed by atoms with Crippen LogP contribution >= 0.6 is 0 Å². The van der Waals surface area contributed by atoms with E-state index in [-0.39, 0.29) is 5.76 Å². The van der Waals surface area contributed by atoms with E-state index in [9.17, 15) is 4.79 Å². The standard InChI is InChI=1S/C20H16N2O4/c23-20(24)18-11-10-15(26-18)12-22-17-9-5-4-8-16(17)19(21-22)25-13-14-6-2-1-3-7-14/h1-11H,12-13H2,(H,23,24). The van der Waals surface area contributed by atoms with Crippen LogP contribution in [-0.2, 0) is 13.2 Å². The first-order valence-corrected chi connectivity index (χ1v) is 8.15. The summed E-state index contributed by atoms with van der Waals surface area (Å²) in [4.78, 5) is 11.0. The van der Waals surface area contributed by atoms with E-state index in [4.69, 9.17) is 14.3 Å². The number of aromatic nitrogens is 2. The molecule has 0 aliphatic rings. The maximum Gasteiger partial charge on any atom is 0.371 e. The molecule has 0 saturated carbocycles. The molecule has 0 amide bonds. The molecule has 26 heavy (non-hydrogen) atoms. The molecule has 0 aliphatic heterocycles. The number of carboxylic acids is 1. The quantitative estimate of drug-likeness (QED) is 0.571. The van der Waals surface area contributed by atoms with Crippen LogP contribution in [0.5, 0.6) is 5.88 Å². The number of nitrogens with zero attached hydrogens (tertiary/aromatic N) is 2. The van der Waals surface area contributed by atoms with Crippen molar-refractivity contribution in [1.82, 2.24) is 9.78 Å². The maximum atomic E-state index is 11.0. The second kappa shape index (κ2) is 6.76. The minimum Gasteiger partial charge on any atom is -0.475 e. The lowest BCUT2D eigenvalue weighted by molar-refractivity contribution is 0.0660. The van der Waals surface area contributed by atoms with Gasteiger partial charge in [0.05, 0.1) is 17.4 Å². The molecule has 0 unspecified atom stereocenters. The van der Waals surface area contributed by atoms with Crippen LogP contribution in [0.3, 0.4) is 0 Å². The molecule has 1 N–H and O–H groups in total. The summed E-state index contributed by atoms with van der Waals surface area (Å²) < 4.78 is 13.0. The molecule has 130 valence electrons. The summed E-state index contributed by atoms with van der Waals surface area (Å²) in [6.07, 6.45) is 0. The lowest BCUT2D eigenvalue weighted by atomic mass is 10.2. The van der Waals surface area contributed by atoms with Gasteiger partial charge in [0, 0.05) is 0 Å². The molecule has 0 aliphatic carbocycles. The van der Waals surface area contributed by atoms with Gasteiger partial charge in [-0.25, -0.2) is 4.79 Å². The zero-order chi connectivity index (χ0) is 17.9. The largest absolute Gasteiger partial charge is 0.475 e. The van der Waals surface area contributed by atoms with E-state index in [1.54, 1.807) is 10.7 Å². The van der Waals surface area contributed by atoms with Crippen molar-refractivity contribution in [3.8, 4) is 5.88 Å². The van der Waals surface area contributed by atoms with E-state index in [1.165, 1.54) is 6.07 Å². The van der Waals surface area contributed by atoms with Gasteiger partial charge in [-0.3, -0.25) is 4.68 Å². The number of para-hydroxylation sites is 1. The number of aromatic carboxylic acids is 1. The van der Waals surface area contributed by atoms with Gasteiger partial charge in [0.1, 0.15) is 12.4 Å². The van der Waals surface area contributed by atoms with Crippen molar-refractivity contribution < 1.29 is 19.1 Å². The zero-order valence-corrected chi connectivity index (χ0v) is 13.8. The number of furan rings is 1. The fourth-order valence-electron chi connectivity index (χ4n) is 2.78. The Labute approximate surface area is 149 Å². The number of benzene rings is 2. The van der Waals surface area contributed by atoms with Crippen LogP contribution in [0.1, 0.15) is 21.9 Å². The summed E-state index contributed by atoms with van der Waals surface area (Å²) >= 11 is 0. The third kappa shape index (κ3) is 3.17. The molecule has 2 aromatic carbocycles. The van der Waals surface area contributed by atoms with E-state index in [2.05, 4.69) is 5.10 Å². The number of ether oxygens (including phenoxy) is 1. The predicted molar refractivity (Wildman–Crippen MR) is 95.3 cm³/mol. The molecule has 6 nitrogen and oxygen atoms in total. The average Bonchev–Trinajstić information content (AvgIpc) is 3.27. The highest BCUT2D eigenvalue weighted by atomic mass is 16.5. The lowest BCUT2D eigenvalue weighted by Crippen LogP contribution is -2.02. The van der Waals surface area contributed by atoms with Crippen molar-refractivity contribution in [3.63, 3.8) is 0 Å². The van der Waals surface area contributed by atoms with E-state index in [0.29, 0.717) is 24.8 Å². The van der Waals surface area contributed by atoms with Crippen molar-refractivity contribution in [3.05, 3.63) is 83.8 Å². The Bertz CT molecular complexity index is 1050. The SMILES string of the molecule is O=C(O)c1ccc(Cn2nc(OCc3ccccc3)c3ccccc32)o1. The first kappa shape index (κ1) is 16.0. The minimum absolute atomic E-state index is 0.0861. The van der Waals surface area contributed by atoms with E-state index >= 15 is 0 Å². The average molecular weight is 348 g/mol. The molecular weight excluding hydrogens is 332 g/mol. The monoisotopic (exact) mass is 348 g/mol. The zero-order valence-electron chi connectivity index (χ0n) is 13.8. The van der Waals surface area contributed by atoms with Crippen molar-refractivity contribution in [2.45, 2.75) is 13.2 Å². The number of carboxylic acid groups (broad SMARTS) is 1. The van der Waals surface area contributed by atoms with Gasteiger partial charge >= 0.3 is 5.97 Å². The normalized spacial score (nSPS) is 10.9. The molecule has 0 saturated heterocycles. The highest BCUT2D eigenvalue weighted by Gasteiger charge is 2.14. The Balaban J connectivity index is 1.61. The van der Waals surface area contributed by atoms with E-state index in [0.717, 1.165) is 16.5 Å². The molecule has 0 spiro atoms. The van der Waals surface area contributed by atoms with Crippen LogP contribution in [-0.4, -0.2) is 20.9 Å². The Hall–Kier alpha value is -3.54. The number of hydrogen-bond donors (Lipinski definition) is 1. The Morgan fingerprint density at radius 2 is 1.81 bits per heavy atom. The van der Waals surface area contributed by atoms with Crippen molar-refractivity contribution in [1.29, 1.82) is 0 Å². The first-order chi connectivity index (χ1) is 12.7. The highest BCUT2D eigenvalue weighted by molar-refractivity contribution is 5.85. The van der Waals surface area contributed by atoms with Crippen molar-refractivity contribution in [2.75, 3.05) is 0 Å². The van der Waals surface area contributed by atoms with Crippen LogP contribution in [0.2, 0.25) is 0 Å². The van der Waals surface area contributed by atoms with Crippen LogP contribution in [0.25, 0.3) is 10.9 Å². The van der Waals surface area contributed by atoms with Crippen LogP contribution in [0.4, 0.5) is 0 Å². The second-order valence-electron chi connectivity index (χ2n) is 5.83. The van der Waals surface area contributed by atoms with Crippen LogP contribution in [0.15, 0.2) is 71.1 Å². The number of fused-ring (bicyclic) bond motifs is 1. The molecule has 4 aromatic rings. The fourth-order valence-corrected chi connectivity index (χ4v) is 2.78. The molecule has 2 aromatic heterocycles. The number of hydrogen-bond acceptors (Lipinski definition) is 4. The van der Waals surface area contributed by atoms with Crippen LogP contribution < -0.4 is 4.74 Å². The van der Waals surface area contributed by atoms with Gasteiger partial charge in [-0.15, -0.1) is 5.10 Å². The molecule has 2 heterocycles. The summed E-state index contributed by atoms with van der Waals surface area (Å²) in [5.74, 6) is -0.120. The summed E-state index contributed by atoms with van der Waals surface area (Å²) in [6, 6.07) is 20.7. The van der Waals surface area contributed by atoms with Crippen LogP contribution in [0, 0.1) is 0 Å². The maximum absolute atomic E-state index is 11.0. The Morgan fingerprint density at radius 3 is 2.58 bits per heavy atom. The second-order valence-corrected chi connectivity index (χ2v) is 5.83. The van der Waals surface area contributed by atoms with E-state index < -0.39 is 5.97 Å². The molecule has 0 bridgehead atoms. The van der Waals surface area contributed by atoms with Gasteiger partial charge in [-0.1, -0.05) is 42.5 Å². The van der Waals surface area contributed by atoms with Gasteiger partial charge in [0.15, 0.2) is 0 Å². The third-order valence-electron chi connectivity index (χ3n) is 4.02. The summed E-state index contributed by atoms with van der Waals surface area (Å²) in [7, 11) is 0. The van der Waals surface area contributed by atoms with Gasteiger partial charge in [-0.2, -0.15) is 0 Å². The third-order valence-corrected chi connectivity index (χ3v) is 4.02. The highest BCUT2D eigenvalue weighted by Crippen LogP contribution is 2.26. The van der Waals surface area contributed by atoms with Crippen molar-refractivity contribution >= 4 is 16.9 Å². The minimum atomic E-state index is -1.09. The van der Waals surface area contributed by atoms with Crippen molar-refractivity contribution in [2.24, 2.45) is 0 Å². The molecule has 0 fully saturated rings. The lowest BCUT2D eigenvalue weighted by Gasteiger charge is -2.03. The molecule has 6 heteroatoms. The summed E-state index contributed by atoms with van der Waals surface area (Å²) in [6.45, 7) is 0.744. The molecule has 0 atom stereocenters. The smallest absolute Gasteiger partial charge is 0.371 e. The summed E-state index contributed by atoms with van der Waals surface area (Å²) in [5.41, 5.74) is 1.95. The predicted octanol–water partition coefficient (Wildman–Crippen LogP) is 3.95.